The number of benzene rings is 2. The molecule has 2 atom stereocenters. The zero-order valence-electron chi connectivity index (χ0n) is 16.3. The Labute approximate surface area is 166 Å². The van der Waals surface area contributed by atoms with Gasteiger partial charge in [-0.05, 0) is 67.6 Å². The normalized spacial score (nSPS) is 18.3. The van der Waals surface area contributed by atoms with Crippen molar-refractivity contribution < 1.29 is 14.3 Å². The van der Waals surface area contributed by atoms with Crippen LogP contribution in [-0.4, -0.2) is 24.7 Å². The molecule has 144 valence electrons. The van der Waals surface area contributed by atoms with Crippen molar-refractivity contribution in [2.75, 3.05) is 6.61 Å². The van der Waals surface area contributed by atoms with Gasteiger partial charge in [0.15, 0.2) is 0 Å². The molecule has 1 aliphatic heterocycles. The molecule has 2 aromatic rings. The monoisotopic (exact) mass is 375 g/mol. The molecule has 0 aromatic heterocycles. The van der Waals surface area contributed by atoms with Crippen molar-refractivity contribution in [2.45, 2.75) is 45.3 Å². The van der Waals surface area contributed by atoms with Gasteiger partial charge in [-0.1, -0.05) is 17.9 Å². The molecule has 1 fully saturated rings. The topological polar surface area (TPSA) is 47.6 Å². The fourth-order valence-electron chi connectivity index (χ4n) is 3.30. The Kier molecular flexibility index (Phi) is 5.25. The predicted octanol–water partition coefficient (Wildman–Crippen LogP) is 3.70. The Hall–Kier alpha value is -2.93. The van der Waals surface area contributed by atoms with Crippen LogP contribution in [0.5, 0.6) is 11.5 Å². The molecule has 4 rings (SSSR count). The van der Waals surface area contributed by atoms with Gasteiger partial charge in [-0.15, -0.1) is 0 Å². The van der Waals surface area contributed by atoms with E-state index in [-0.39, 0.29) is 18.1 Å². The van der Waals surface area contributed by atoms with Crippen LogP contribution in [0.1, 0.15) is 43.4 Å². The maximum atomic E-state index is 11.3. The van der Waals surface area contributed by atoms with Crippen LogP contribution in [0.25, 0.3) is 0 Å². The third kappa shape index (κ3) is 4.67. The van der Waals surface area contributed by atoms with Crippen molar-refractivity contribution in [3.63, 3.8) is 0 Å². The van der Waals surface area contributed by atoms with Crippen molar-refractivity contribution in [1.82, 2.24) is 5.32 Å². The molecule has 4 heteroatoms. The number of carbonyl (C=O) groups excluding carboxylic acids is 1. The number of carbonyl (C=O) groups is 1. The molecule has 0 spiro atoms. The largest absolute Gasteiger partial charge is 0.493 e. The summed E-state index contributed by atoms with van der Waals surface area (Å²) in [6.45, 7) is 4.32. The van der Waals surface area contributed by atoms with Crippen molar-refractivity contribution in [1.29, 1.82) is 0 Å². The summed E-state index contributed by atoms with van der Waals surface area (Å²) in [6, 6.07) is 14.0. The predicted molar refractivity (Wildman–Crippen MR) is 108 cm³/mol. The van der Waals surface area contributed by atoms with Gasteiger partial charge in [0.2, 0.25) is 5.91 Å². The molecule has 1 amide bonds. The van der Waals surface area contributed by atoms with E-state index in [1.807, 2.05) is 43.3 Å². The third-order valence-electron chi connectivity index (χ3n) is 5.14. The first-order valence-corrected chi connectivity index (χ1v) is 9.88. The average Bonchev–Trinajstić information content (AvgIpc) is 3.41. The van der Waals surface area contributed by atoms with E-state index in [2.05, 4.69) is 23.2 Å². The minimum absolute atomic E-state index is 0.0277. The number of fused-ring (bicyclic) bond motifs is 1. The second-order valence-corrected chi connectivity index (χ2v) is 7.70. The minimum Gasteiger partial charge on any atom is -0.493 e. The fourth-order valence-corrected chi connectivity index (χ4v) is 3.30. The lowest BCUT2D eigenvalue weighted by molar-refractivity contribution is -0.120. The van der Waals surface area contributed by atoms with E-state index < -0.39 is 0 Å². The molecule has 2 aliphatic rings. The third-order valence-corrected chi connectivity index (χ3v) is 5.14. The molecule has 2 aromatic carbocycles. The molecule has 1 heterocycles. The molecule has 0 radical (unpaired) electrons. The van der Waals surface area contributed by atoms with Crippen LogP contribution in [0.15, 0.2) is 42.5 Å². The highest BCUT2D eigenvalue weighted by Gasteiger charge is 2.28. The highest BCUT2D eigenvalue weighted by Crippen LogP contribution is 2.31. The number of hydrogen-bond acceptors (Lipinski definition) is 3. The van der Waals surface area contributed by atoms with Crippen LogP contribution < -0.4 is 14.8 Å². The molecule has 1 aliphatic carbocycles. The van der Waals surface area contributed by atoms with E-state index in [9.17, 15) is 4.79 Å². The molecule has 4 nitrogen and oxygen atoms in total. The number of rotatable bonds is 5. The number of nitrogens with one attached hydrogen (secondary N) is 1. The number of amides is 1. The minimum atomic E-state index is -0.0393. The highest BCUT2D eigenvalue weighted by molar-refractivity contribution is 5.73. The summed E-state index contributed by atoms with van der Waals surface area (Å²) in [5, 5.41) is 2.90. The molecule has 28 heavy (non-hydrogen) atoms. The first-order chi connectivity index (χ1) is 13.6. The summed E-state index contributed by atoms with van der Waals surface area (Å²) in [7, 11) is 0. The van der Waals surface area contributed by atoms with Crippen molar-refractivity contribution >= 4 is 5.91 Å². The molecule has 0 saturated heterocycles. The lowest BCUT2D eigenvalue weighted by Crippen LogP contribution is -2.42. The van der Waals surface area contributed by atoms with E-state index >= 15 is 0 Å². The van der Waals surface area contributed by atoms with Gasteiger partial charge in [-0.25, -0.2) is 0 Å². The molecule has 0 unspecified atom stereocenters. The van der Waals surface area contributed by atoms with Gasteiger partial charge >= 0.3 is 0 Å². The van der Waals surface area contributed by atoms with Crippen molar-refractivity contribution in [3.8, 4) is 23.3 Å². The van der Waals surface area contributed by atoms with Crippen LogP contribution in [0.2, 0.25) is 0 Å². The molecular formula is C24H25NO3. The average molecular weight is 375 g/mol. The van der Waals surface area contributed by atoms with Gasteiger partial charge in [0.05, 0.1) is 12.6 Å². The summed E-state index contributed by atoms with van der Waals surface area (Å²) in [6.07, 6.45) is 3.35. The SMILES string of the molecule is CC(=O)N[C@H](C)[C@H]1Cc2ccc(C#Cc3ccc(OCC4CC4)cc3)cc2O1. The van der Waals surface area contributed by atoms with Gasteiger partial charge < -0.3 is 14.8 Å². The maximum absolute atomic E-state index is 11.3. The van der Waals surface area contributed by atoms with E-state index in [0.29, 0.717) is 0 Å². The lowest BCUT2D eigenvalue weighted by atomic mass is 10.0. The fraction of sp³-hybridized carbons (Fsp3) is 0.375. The Balaban J connectivity index is 1.38. The van der Waals surface area contributed by atoms with Crippen LogP contribution in [0.4, 0.5) is 0 Å². The summed E-state index contributed by atoms with van der Waals surface area (Å²) < 4.78 is 11.8. The summed E-state index contributed by atoms with van der Waals surface area (Å²) in [5.41, 5.74) is 3.03. The van der Waals surface area contributed by atoms with Crippen molar-refractivity contribution in [3.05, 3.63) is 59.2 Å². The molecule has 0 bridgehead atoms. The maximum Gasteiger partial charge on any atom is 0.217 e. The van der Waals surface area contributed by atoms with Crippen LogP contribution in [0, 0.1) is 17.8 Å². The summed E-state index contributed by atoms with van der Waals surface area (Å²) >= 11 is 0. The summed E-state index contributed by atoms with van der Waals surface area (Å²) in [4.78, 5) is 11.3. The zero-order chi connectivity index (χ0) is 19.5. The van der Waals surface area contributed by atoms with Gasteiger partial charge in [-0.2, -0.15) is 0 Å². The van der Waals surface area contributed by atoms with Crippen molar-refractivity contribution in [2.24, 2.45) is 5.92 Å². The lowest BCUT2D eigenvalue weighted by Gasteiger charge is -2.19. The first-order valence-electron chi connectivity index (χ1n) is 9.88. The molecule has 1 saturated carbocycles. The quantitative estimate of drug-likeness (QED) is 0.811. The standard InChI is InChI=1S/C24H25NO3/c1-16(25-17(2)26)23-14-21-10-7-19(13-24(21)28-23)4-3-18-8-11-22(12-9-18)27-15-20-5-6-20/h7-13,16,20,23H,5-6,14-15H2,1-2H3,(H,25,26)/t16-,23-/m1/s1. The van der Waals surface area contributed by atoms with Gasteiger partial charge in [0.1, 0.15) is 17.6 Å². The van der Waals surface area contributed by atoms with Gasteiger partial charge in [0.25, 0.3) is 0 Å². The van der Waals surface area contributed by atoms with Crippen LogP contribution in [-0.2, 0) is 11.2 Å². The van der Waals surface area contributed by atoms with Gasteiger partial charge in [-0.3, -0.25) is 4.79 Å². The van der Waals surface area contributed by atoms with E-state index in [1.165, 1.54) is 19.8 Å². The molecular weight excluding hydrogens is 350 g/mol. The Morgan fingerprint density at radius 3 is 2.61 bits per heavy atom. The van der Waals surface area contributed by atoms with Crippen LogP contribution in [0.3, 0.4) is 0 Å². The second kappa shape index (κ2) is 7.98. The summed E-state index contributed by atoms with van der Waals surface area (Å²) in [5.74, 6) is 8.88. The Morgan fingerprint density at radius 1 is 1.18 bits per heavy atom. The number of ether oxygens (including phenoxy) is 2. The molecule has 1 N–H and O–H groups in total. The number of hydrogen-bond donors (Lipinski definition) is 1. The smallest absolute Gasteiger partial charge is 0.217 e. The highest BCUT2D eigenvalue weighted by atomic mass is 16.5. The van der Waals surface area contributed by atoms with E-state index in [1.54, 1.807) is 0 Å². The van der Waals surface area contributed by atoms with Crippen LogP contribution >= 0.6 is 0 Å². The second-order valence-electron chi connectivity index (χ2n) is 7.70. The Morgan fingerprint density at radius 2 is 1.89 bits per heavy atom. The Bertz CT molecular complexity index is 919. The van der Waals surface area contributed by atoms with Gasteiger partial charge in [0, 0.05) is 24.5 Å². The van der Waals surface area contributed by atoms with E-state index in [4.69, 9.17) is 9.47 Å². The first kappa shape index (κ1) is 18.4. The van der Waals surface area contributed by atoms with E-state index in [0.717, 1.165) is 47.1 Å². The zero-order valence-corrected chi connectivity index (χ0v) is 16.3.